The van der Waals surface area contributed by atoms with Crippen LogP contribution >= 0.6 is 0 Å². The van der Waals surface area contributed by atoms with E-state index in [4.69, 9.17) is 5.11 Å². The first-order valence-electron chi connectivity index (χ1n) is 8.16. The summed E-state index contributed by atoms with van der Waals surface area (Å²) in [5.74, 6) is -0.919. The minimum atomic E-state index is -0.697. The molecule has 2 heterocycles. The van der Waals surface area contributed by atoms with E-state index in [2.05, 4.69) is 10.2 Å². The van der Waals surface area contributed by atoms with Gasteiger partial charge in [-0.25, -0.2) is 4.79 Å². The van der Waals surface area contributed by atoms with E-state index in [1.54, 1.807) is 0 Å². The Labute approximate surface area is 125 Å². The maximum atomic E-state index is 12.4. The van der Waals surface area contributed by atoms with Gasteiger partial charge in [-0.1, -0.05) is 0 Å². The fourth-order valence-electron chi connectivity index (χ4n) is 3.93. The second kappa shape index (κ2) is 6.22. The minimum absolute atomic E-state index is 0.0420. The lowest BCUT2D eigenvalue weighted by molar-refractivity contribution is -0.142. The maximum absolute atomic E-state index is 12.4. The molecule has 6 nitrogen and oxygen atoms in total. The van der Waals surface area contributed by atoms with Gasteiger partial charge in [-0.2, -0.15) is 0 Å². The molecule has 1 unspecified atom stereocenters. The largest absolute Gasteiger partial charge is 0.481 e. The smallest absolute Gasteiger partial charge is 0.317 e. The summed E-state index contributed by atoms with van der Waals surface area (Å²) in [4.78, 5) is 27.7. The highest BCUT2D eigenvalue weighted by molar-refractivity contribution is 5.75. The molecule has 0 radical (unpaired) electrons. The number of rotatable bonds is 2. The van der Waals surface area contributed by atoms with Crippen molar-refractivity contribution in [1.82, 2.24) is 15.1 Å². The molecule has 0 aromatic carbocycles. The zero-order valence-corrected chi connectivity index (χ0v) is 12.5. The van der Waals surface area contributed by atoms with Crippen LogP contribution in [-0.4, -0.2) is 65.2 Å². The third kappa shape index (κ3) is 3.31. The van der Waals surface area contributed by atoms with Crippen LogP contribution in [0, 0.1) is 5.92 Å². The number of urea groups is 1. The molecule has 1 atom stereocenters. The summed E-state index contributed by atoms with van der Waals surface area (Å²) in [6.45, 7) is 3.83. The Morgan fingerprint density at radius 2 is 1.76 bits per heavy atom. The molecule has 2 N–H and O–H groups in total. The lowest BCUT2D eigenvalue weighted by Crippen LogP contribution is -2.56. The number of nitrogens with zero attached hydrogens (tertiary/aromatic N) is 2. The summed E-state index contributed by atoms with van der Waals surface area (Å²) in [6, 6.07) is 0.738. The van der Waals surface area contributed by atoms with Gasteiger partial charge in [0.1, 0.15) is 0 Å². The summed E-state index contributed by atoms with van der Waals surface area (Å²) in [6.07, 6.45) is 5.37. The van der Waals surface area contributed by atoms with Gasteiger partial charge in [0.25, 0.3) is 0 Å². The summed E-state index contributed by atoms with van der Waals surface area (Å²) in [5.41, 5.74) is 0. The molecule has 0 bridgehead atoms. The molecule has 1 aliphatic carbocycles. The van der Waals surface area contributed by atoms with Crippen molar-refractivity contribution in [3.8, 4) is 0 Å². The highest BCUT2D eigenvalue weighted by Gasteiger charge is 2.33. The van der Waals surface area contributed by atoms with E-state index in [1.165, 1.54) is 19.4 Å². The molecule has 2 amide bonds. The average Bonchev–Trinajstić information content (AvgIpc) is 2.95. The van der Waals surface area contributed by atoms with Gasteiger partial charge in [0.05, 0.1) is 5.92 Å². The Bertz CT molecular complexity index is 407. The van der Waals surface area contributed by atoms with Gasteiger partial charge in [0, 0.05) is 31.7 Å². The second-order valence-corrected chi connectivity index (χ2v) is 6.61. The highest BCUT2D eigenvalue weighted by atomic mass is 16.4. The van der Waals surface area contributed by atoms with Crippen molar-refractivity contribution < 1.29 is 14.7 Å². The number of nitrogens with one attached hydrogen (secondary N) is 1. The van der Waals surface area contributed by atoms with Crippen LogP contribution in [0.2, 0.25) is 0 Å². The maximum Gasteiger partial charge on any atom is 0.317 e. The number of hydrogen-bond donors (Lipinski definition) is 2. The molecule has 21 heavy (non-hydrogen) atoms. The van der Waals surface area contributed by atoms with Crippen molar-refractivity contribution in [2.24, 2.45) is 5.92 Å². The summed E-state index contributed by atoms with van der Waals surface area (Å²) in [5, 5.41) is 12.1. The summed E-state index contributed by atoms with van der Waals surface area (Å²) in [7, 11) is 0. The number of carbonyl (C=O) groups excluding carboxylic acids is 1. The van der Waals surface area contributed by atoms with Crippen LogP contribution in [0.3, 0.4) is 0 Å². The predicted molar refractivity (Wildman–Crippen MR) is 78.1 cm³/mol. The van der Waals surface area contributed by atoms with Gasteiger partial charge in [-0.05, 0) is 45.1 Å². The van der Waals surface area contributed by atoms with E-state index >= 15 is 0 Å². The van der Waals surface area contributed by atoms with Gasteiger partial charge in [-0.15, -0.1) is 0 Å². The number of fused-ring (bicyclic) bond motifs is 1. The SMILES string of the molecule is O=C(O)C1CCC(NC(=O)N2CCN3CCCC3C2)CC1. The van der Waals surface area contributed by atoms with Crippen molar-refractivity contribution >= 4 is 12.0 Å². The topological polar surface area (TPSA) is 72.9 Å². The number of piperazine rings is 1. The molecule has 0 aromatic rings. The number of carbonyl (C=O) groups is 2. The van der Waals surface area contributed by atoms with Crippen LogP contribution in [0.25, 0.3) is 0 Å². The highest BCUT2D eigenvalue weighted by Crippen LogP contribution is 2.25. The van der Waals surface area contributed by atoms with E-state index in [9.17, 15) is 9.59 Å². The Morgan fingerprint density at radius 1 is 1.00 bits per heavy atom. The average molecular weight is 295 g/mol. The predicted octanol–water partition coefficient (Wildman–Crippen LogP) is 1.12. The van der Waals surface area contributed by atoms with Gasteiger partial charge in [0.2, 0.25) is 0 Å². The fourth-order valence-corrected chi connectivity index (χ4v) is 3.93. The van der Waals surface area contributed by atoms with Gasteiger partial charge < -0.3 is 15.3 Å². The van der Waals surface area contributed by atoms with E-state index in [1.807, 2.05) is 4.90 Å². The molecule has 0 aromatic heterocycles. The zero-order chi connectivity index (χ0) is 14.8. The van der Waals surface area contributed by atoms with Crippen LogP contribution in [0.5, 0.6) is 0 Å². The lowest BCUT2D eigenvalue weighted by atomic mass is 9.86. The number of carboxylic acid groups (broad SMARTS) is 1. The van der Waals surface area contributed by atoms with Crippen LogP contribution in [0.1, 0.15) is 38.5 Å². The Kier molecular flexibility index (Phi) is 4.33. The first-order chi connectivity index (χ1) is 10.1. The summed E-state index contributed by atoms with van der Waals surface area (Å²) >= 11 is 0. The van der Waals surface area contributed by atoms with Gasteiger partial charge >= 0.3 is 12.0 Å². The van der Waals surface area contributed by atoms with E-state index in [0.717, 1.165) is 32.5 Å². The molecular weight excluding hydrogens is 270 g/mol. The van der Waals surface area contributed by atoms with Crippen LogP contribution < -0.4 is 5.32 Å². The Morgan fingerprint density at radius 3 is 2.48 bits per heavy atom. The molecule has 3 fully saturated rings. The normalized spacial score (nSPS) is 33.5. The number of hydrogen-bond acceptors (Lipinski definition) is 3. The zero-order valence-electron chi connectivity index (χ0n) is 12.5. The number of amides is 2. The second-order valence-electron chi connectivity index (χ2n) is 6.61. The first-order valence-corrected chi connectivity index (χ1v) is 8.16. The first kappa shape index (κ1) is 14.6. The third-order valence-electron chi connectivity index (χ3n) is 5.28. The van der Waals surface area contributed by atoms with Gasteiger partial charge in [0.15, 0.2) is 0 Å². The number of aliphatic carboxylic acids is 1. The molecule has 1 saturated carbocycles. The Balaban J connectivity index is 1.45. The molecule has 0 spiro atoms. The molecule has 6 heteroatoms. The van der Waals surface area contributed by atoms with E-state index in [0.29, 0.717) is 18.9 Å². The molecular formula is C15H25N3O3. The van der Waals surface area contributed by atoms with Crippen LogP contribution in [0.15, 0.2) is 0 Å². The quantitative estimate of drug-likeness (QED) is 0.801. The molecule has 2 aliphatic heterocycles. The molecule has 3 rings (SSSR count). The number of carboxylic acids is 1. The minimum Gasteiger partial charge on any atom is -0.481 e. The lowest BCUT2D eigenvalue weighted by Gasteiger charge is -2.38. The van der Waals surface area contributed by atoms with Crippen molar-refractivity contribution in [1.29, 1.82) is 0 Å². The molecule has 3 aliphatic rings. The summed E-state index contributed by atoms with van der Waals surface area (Å²) < 4.78 is 0. The van der Waals surface area contributed by atoms with Crippen molar-refractivity contribution in [3.63, 3.8) is 0 Å². The molecule has 2 saturated heterocycles. The fraction of sp³-hybridized carbons (Fsp3) is 0.867. The molecule has 118 valence electrons. The van der Waals surface area contributed by atoms with Crippen molar-refractivity contribution in [2.45, 2.75) is 50.6 Å². The van der Waals surface area contributed by atoms with Crippen LogP contribution in [0.4, 0.5) is 4.79 Å². The van der Waals surface area contributed by atoms with Crippen LogP contribution in [-0.2, 0) is 4.79 Å². The third-order valence-corrected chi connectivity index (χ3v) is 5.28. The monoisotopic (exact) mass is 295 g/mol. The van der Waals surface area contributed by atoms with E-state index in [-0.39, 0.29) is 18.0 Å². The Hall–Kier alpha value is -1.30. The van der Waals surface area contributed by atoms with E-state index < -0.39 is 5.97 Å². The van der Waals surface area contributed by atoms with Crippen molar-refractivity contribution in [3.05, 3.63) is 0 Å². The van der Waals surface area contributed by atoms with Gasteiger partial charge in [-0.3, -0.25) is 9.69 Å². The standard InChI is InChI=1S/C15H25N3O3/c19-14(20)11-3-5-12(6-4-11)16-15(21)18-9-8-17-7-1-2-13(17)10-18/h11-13H,1-10H2,(H,16,21)(H,19,20). The van der Waals surface area contributed by atoms with Crippen molar-refractivity contribution in [2.75, 3.05) is 26.2 Å².